The third kappa shape index (κ3) is 6.31. The van der Waals surface area contributed by atoms with Crippen molar-refractivity contribution in [3.8, 4) is 5.75 Å². The molecule has 0 saturated heterocycles. The molecule has 0 aliphatic heterocycles. The standard InChI is InChI=1S/C31H46O2S/c1-3-5-21-34-23-24-9-6-11-27(22-24)33-20-19-31-17-8-13-30(31)29-12-7-10-25(28(29)16-18-31)14-15-26(32)4-2/h4,6,9,11,22,25,28-30H,2-3,5,7-8,10,12-21,23H2,1H3/t25?,28?,29?,30?,31-/m0/s1. The average molecular weight is 483 g/mol. The predicted molar refractivity (Wildman–Crippen MR) is 145 cm³/mol. The van der Waals surface area contributed by atoms with E-state index in [4.69, 9.17) is 4.74 Å². The number of benzene rings is 1. The molecule has 3 aliphatic rings. The number of ether oxygens (including phenoxy) is 1. The molecule has 0 heterocycles. The SMILES string of the molecule is C=CC(=O)CCC1CCCC2C1CC[C@]1(CCOc3cccc(CSCCCC)c3)CCCC21. The maximum absolute atomic E-state index is 11.8. The van der Waals surface area contributed by atoms with Crippen molar-refractivity contribution in [3.05, 3.63) is 42.5 Å². The van der Waals surface area contributed by atoms with Gasteiger partial charge in [0.25, 0.3) is 0 Å². The van der Waals surface area contributed by atoms with Crippen molar-refractivity contribution in [2.75, 3.05) is 12.4 Å². The molecule has 2 nitrogen and oxygen atoms in total. The Morgan fingerprint density at radius 2 is 2.09 bits per heavy atom. The first-order chi connectivity index (χ1) is 16.6. The molecule has 1 aromatic carbocycles. The maximum atomic E-state index is 11.8. The van der Waals surface area contributed by atoms with Crippen molar-refractivity contribution in [1.82, 2.24) is 0 Å². The summed E-state index contributed by atoms with van der Waals surface area (Å²) in [7, 11) is 0. The average Bonchev–Trinajstić information content (AvgIpc) is 3.30. The second kappa shape index (κ2) is 12.7. The number of hydrogen-bond donors (Lipinski definition) is 0. The highest BCUT2D eigenvalue weighted by molar-refractivity contribution is 7.98. The molecule has 3 aliphatic carbocycles. The number of ketones is 1. The Bertz CT molecular complexity index is 804. The summed E-state index contributed by atoms with van der Waals surface area (Å²) in [5, 5.41) is 0. The van der Waals surface area contributed by atoms with E-state index in [2.05, 4.69) is 37.8 Å². The normalized spacial score (nSPS) is 30.4. The molecule has 188 valence electrons. The van der Waals surface area contributed by atoms with Crippen LogP contribution in [0.5, 0.6) is 5.75 Å². The fourth-order valence-electron chi connectivity index (χ4n) is 7.70. The third-order valence-electron chi connectivity index (χ3n) is 9.40. The van der Waals surface area contributed by atoms with E-state index in [-0.39, 0.29) is 5.78 Å². The molecule has 34 heavy (non-hydrogen) atoms. The molecular formula is C31H46O2S. The summed E-state index contributed by atoms with van der Waals surface area (Å²) < 4.78 is 6.36. The van der Waals surface area contributed by atoms with Crippen LogP contribution in [0, 0.1) is 29.1 Å². The minimum absolute atomic E-state index is 0.230. The first-order valence-electron chi connectivity index (χ1n) is 14.1. The van der Waals surface area contributed by atoms with Crippen LogP contribution in [0.1, 0.15) is 96.0 Å². The highest BCUT2D eigenvalue weighted by Crippen LogP contribution is 2.62. The summed E-state index contributed by atoms with van der Waals surface area (Å²) in [5.41, 5.74) is 1.90. The Morgan fingerprint density at radius 1 is 1.18 bits per heavy atom. The van der Waals surface area contributed by atoms with Gasteiger partial charge in [0.05, 0.1) is 6.61 Å². The van der Waals surface area contributed by atoms with E-state index in [1.807, 2.05) is 11.8 Å². The minimum atomic E-state index is 0.230. The van der Waals surface area contributed by atoms with Gasteiger partial charge in [-0.25, -0.2) is 0 Å². The van der Waals surface area contributed by atoms with E-state index < -0.39 is 0 Å². The van der Waals surface area contributed by atoms with E-state index in [1.165, 1.54) is 88.0 Å². The number of thioether (sulfide) groups is 1. The molecule has 0 radical (unpaired) electrons. The fourth-order valence-corrected chi connectivity index (χ4v) is 8.75. The molecule has 3 heteroatoms. The molecule has 3 fully saturated rings. The van der Waals surface area contributed by atoms with Crippen molar-refractivity contribution in [2.24, 2.45) is 29.1 Å². The fraction of sp³-hybridized carbons (Fsp3) is 0.710. The molecule has 0 bridgehead atoms. The summed E-state index contributed by atoms with van der Waals surface area (Å²) in [6.07, 6.45) is 18.2. The van der Waals surface area contributed by atoms with E-state index in [0.717, 1.165) is 48.2 Å². The number of allylic oxidation sites excluding steroid dienone is 1. The zero-order valence-electron chi connectivity index (χ0n) is 21.4. The lowest BCUT2D eigenvalue weighted by Gasteiger charge is -2.53. The van der Waals surface area contributed by atoms with Gasteiger partial charge in [0.15, 0.2) is 5.78 Å². The Hall–Kier alpha value is -1.22. The van der Waals surface area contributed by atoms with Gasteiger partial charge in [-0.2, -0.15) is 11.8 Å². The van der Waals surface area contributed by atoms with Crippen molar-refractivity contribution in [3.63, 3.8) is 0 Å². The number of carbonyl (C=O) groups excluding carboxylic acids is 1. The van der Waals surface area contributed by atoms with Gasteiger partial charge in [-0.1, -0.05) is 51.3 Å². The van der Waals surface area contributed by atoms with Crippen molar-refractivity contribution in [1.29, 1.82) is 0 Å². The predicted octanol–water partition coefficient (Wildman–Crippen LogP) is 8.64. The highest BCUT2D eigenvalue weighted by Gasteiger charge is 2.53. The first-order valence-corrected chi connectivity index (χ1v) is 15.3. The molecule has 5 atom stereocenters. The number of rotatable bonds is 13. The Morgan fingerprint density at radius 3 is 2.94 bits per heavy atom. The van der Waals surface area contributed by atoms with E-state index in [1.54, 1.807) is 0 Å². The smallest absolute Gasteiger partial charge is 0.155 e. The quantitative estimate of drug-likeness (QED) is 0.208. The van der Waals surface area contributed by atoms with Crippen LogP contribution in [0.25, 0.3) is 0 Å². The largest absolute Gasteiger partial charge is 0.494 e. The first kappa shape index (κ1) is 25.9. The topological polar surface area (TPSA) is 26.3 Å². The number of carbonyl (C=O) groups is 1. The van der Waals surface area contributed by atoms with Gasteiger partial charge in [-0.15, -0.1) is 0 Å². The molecule has 0 spiro atoms. The van der Waals surface area contributed by atoms with Crippen LogP contribution in [-0.4, -0.2) is 18.1 Å². The molecule has 3 saturated carbocycles. The van der Waals surface area contributed by atoms with Gasteiger partial charge in [0.1, 0.15) is 5.75 Å². The van der Waals surface area contributed by atoms with Crippen LogP contribution in [0.4, 0.5) is 0 Å². The van der Waals surface area contributed by atoms with Crippen LogP contribution in [0.3, 0.4) is 0 Å². The summed E-state index contributed by atoms with van der Waals surface area (Å²) >= 11 is 2.04. The Labute approximate surface area is 212 Å². The summed E-state index contributed by atoms with van der Waals surface area (Å²) in [6, 6.07) is 8.79. The van der Waals surface area contributed by atoms with Crippen LogP contribution in [-0.2, 0) is 10.5 Å². The molecular weight excluding hydrogens is 436 g/mol. The number of unbranched alkanes of at least 4 members (excludes halogenated alkanes) is 1. The highest BCUT2D eigenvalue weighted by atomic mass is 32.2. The second-order valence-corrected chi connectivity index (χ2v) is 12.4. The van der Waals surface area contributed by atoms with Crippen molar-refractivity contribution in [2.45, 2.75) is 96.1 Å². The molecule has 0 N–H and O–H groups in total. The molecule has 0 amide bonds. The lowest BCUT2D eigenvalue weighted by Crippen LogP contribution is -2.45. The zero-order chi connectivity index (χ0) is 23.8. The van der Waals surface area contributed by atoms with Gasteiger partial charge in [0.2, 0.25) is 0 Å². The number of hydrogen-bond acceptors (Lipinski definition) is 3. The van der Waals surface area contributed by atoms with Crippen LogP contribution in [0.15, 0.2) is 36.9 Å². The second-order valence-electron chi connectivity index (χ2n) is 11.3. The lowest BCUT2D eigenvalue weighted by atomic mass is 9.52. The van der Waals surface area contributed by atoms with Crippen molar-refractivity contribution >= 4 is 17.5 Å². The van der Waals surface area contributed by atoms with Crippen LogP contribution < -0.4 is 4.74 Å². The van der Waals surface area contributed by atoms with Gasteiger partial charge < -0.3 is 4.74 Å². The van der Waals surface area contributed by atoms with Crippen LogP contribution in [0.2, 0.25) is 0 Å². The maximum Gasteiger partial charge on any atom is 0.155 e. The lowest BCUT2D eigenvalue weighted by molar-refractivity contribution is -0.115. The molecule has 1 aromatic rings. The van der Waals surface area contributed by atoms with Gasteiger partial charge in [-0.3, -0.25) is 4.79 Å². The Kier molecular flexibility index (Phi) is 9.62. The van der Waals surface area contributed by atoms with Gasteiger partial charge in [-0.05, 0) is 110 Å². The minimum Gasteiger partial charge on any atom is -0.494 e. The Balaban J connectivity index is 1.31. The van der Waals surface area contributed by atoms with Crippen molar-refractivity contribution < 1.29 is 9.53 Å². The van der Waals surface area contributed by atoms with Crippen LogP contribution >= 0.6 is 11.8 Å². The molecule has 4 unspecified atom stereocenters. The molecule has 0 aromatic heterocycles. The summed E-state index contributed by atoms with van der Waals surface area (Å²) in [5.74, 6) is 7.00. The van der Waals surface area contributed by atoms with Gasteiger partial charge in [0, 0.05) is 12.2 Å². The monoisotopic (exact) mass is 482 g/mol. The van der Waals surface area contributed by atoms with Gasteiger partial charge >= 0.3 is 0 Å². The van der Waals surface area contributed by atoms with E-state index in [9.17, 15) is 4.79 Å². The third-order valence-corrected chi connectivity index (χ3v) is 10.5. The molecule has 4 rings (SSSR count). The number of fused-ring (bicyclic) bond motifs is 3. The van der Waals surface area contributed by atoms with E-state index in [0.29, 0.717) is 11.8 Å². The zero-order valence-corrected chi connectivity index (χ0v) is 22.3. The summed E-state index contributed by atoms with van der Waals surface area (Å²) in [4.78, 5) is 11.8. The summed E-state index contributed by atoms with van der Waals surface area (Å²) in [6.45, 7) is 6.79. The van der Waals surface area contributed by atoms with E-state index >= 15 is 0 Å².